The van der Waals surface area contributed by atoms with E-state index in [0.717, 1.165) is 61.9 Å². The van der Waals surface area contributed by atoms with Crippen LogP contribution in [0, 0.1) is 11.8 Å². The van der Waals surface area contributed by atoms with Gasteiger partial charge in [0.25, 0.3) is 0 Å². The van der Waals surface area contributed by atoms with Gasteiger partial charge in [0.1, 0.15) is 11.9 Å². The first kappa shape index (κ1) is 32.3. The van der Waals surface area contributed by atoms with Gasteiger partial charge in [0.05, 0.1) is 22.5 Å². The molecule has 4 aliphatic rings. The SMILES string of the molecule is CC(=O)Oc1cc(O)c2c3c1C[C@@H]1[C@@H]4CC[C@H](N(CC(C)C)C(=O)Cc5ccc(Cl)c(Cl)c5)[C@H](O2)[C@]34CCN1CCc1ccccc1. The lowest BCUT2D eigenvalue weighted by Crippen LogP contribution is -2.69. The van der Waals surface area contributed by atoms with Crippen LogP contribution in [0.2, 0.25) is 10.0 Å². The zero-order valence-corrected chi connectivity index (χ0v) is 28.7. The van der Waals surface area contributed by atoms with Crippen LogP contribution in [0.25, 0.3) is 0 Å². The summed E-state index contributed by atoms with van der Waals surface area (Å²) >= 11 is 12.5. The first-order valence-corrected chi connectivity index (χ1v) is 17.6. The molecule has 2 aliphatic heterocycles. The van der Waals surface area contributed by atoms with Gasteiger partial charge in [-0.1, -0.05) is 73.4 Å². The maximum Gasteiger partial charge on any atom is 0.308 e. The van der Waals surface area contributed by atoms with Gasteiger partial charge in [-0.3, -0.25) is 14.5 Å². The van der Waals surface area contributed by atoms with Crippen molar-refractivity contribution in [2.75, 3.05) is 19.6 Å². The number of benzene rings is 3. The Labute approximate surface area is 286 Å². The van der Waals surface area contributed by atoms with Crippen molar-refractivity contribution in [1.29, 1.82) is 0 Å². The zero-order valence-electron chi connectivity index (χ0n) is 27.2. The fourth-order valence-corrected chi connectivity index (χ4v) is 9.47. The predicted octanol–water partition coefficient (Wildman–Crippen LogP) is 7.00. The number of phenolic OH excluding ortho intramolecular Hbond substituents is 1. The molecule has 47 heavy (non-hydrogen) atoms. The average molecular weight is 678 g/mol. The van der Waals surface area contributed by atoms with Crippen LogP contribution in [0.3, 0.4) is 0 Å². The zero-order chi connectivity index (χ0) is 33.0. The van der Waals surface area contributed by atoms with Crippen LogP contribution in [0.5, 0.6) is 17.2 Å². The summed E-state index contributed by atoms with van der Waals surface area (Å²) < 4.78 is 12.7. The molecule has 3 aromatic carbocycles. The van der Waals surface area contributed by atoms with Gasteiger partial charge in [-0.25, -0.2) is 0 Å². The van der Waals surface area contributed by atoms with Gasteiger partial charge in [-0.05, 0) is 73.7 Å². The lowest BCUT2D eigenvalue weighted by Gasteiger charge is -2.60. The molecular weight excluding hydrogens is 635 g/mol. The molecule has 1 saturated carbocycles. The molecule has 0 unspecified atom stereocenters. The first-order valence-electron chi connectivity index (χ1n) is 16.8. The highest BCUT2D eigenvalue weighted by atomic mass is 35.5. The molecule has 7 nitrogen and oxygen atoms in total. The van der Waals surface area contributed by atoms with Crippen LogP contribution in [-0.4, -0.2) is 64.6 Å². The summed E-state index contributed by atoms with van der Waals surface area (Å²) in [4.78, 5) is 31.1. The number of rotatable bonds is 9. The fraction of sp³-hybridized carbons (Fsp3) is 0.474. The van der Waals surface area contributed by atoms with Crippen LogP contribution in [0.15, 0.2) is 54.6 Å². The van der Waals surface area contributed by atoms with Gasteiger partial charge in [0, 0.05) is 48.7 Å². The number of aromatic hydroxyl groups is 1. The second-order valence-corrected chi connectivity index (χ2v) is 15.0. The van der Waals surface area contributed by atoms with Gasteiger partial charge in [0.2, 0.25) is 5.91 Å². The smallest absolute Gasteiger partial charge is 0.308 e. The van der Waals surface area contributed by atoms with E-state index in [0.29, 0.717) is 28.1 Å². The maximum atomic E-state index is 14.2. The molecule has 9 heteroatoms. The van der Waals surface area contributed by atoms with Crippen molar-refractivity contribution in [2.45, 2.75) is 82.9 Å². The Bertz CT molecular complexity index is 1700. The molecule has 0 radical (unpaired) electrons. The summed E-state index contributed by atoms with van der Waals surface area (Å²) in [7, 11) is 0. The summed E-state index contributed by atoms with van der Waals surface area (Å²) in [5, 5.41) is 12.2. The number of hydrogen-bond acceptors (Lipinski definition) is 6. The van der Waals surface area contributed by atoms with Crippen molar-refractivity contribution in [3.63, 3.8) is 0 Å². The van der Waals surface area contributed by atoms with Gasteiger partial charge in [-0.15, -0.1) is 0 Å². The lowest BCUT2D eigenvalue weighted by molar-refractivity contribution is -0.143. The van der Waals surface area contributed by atoms with Crippen molar-refractivity contribution in [3.05, 3.63) is 86.9 Å². The molecule has 3 aromatic rings. The molecule has 1 N–H and O–H groups in total. The largest absolute Gasteiger partial charge is 0.504 e. The van der Waals surface area contributed by atoms with Crippen LogP contribution in [0.4, 0.5) is 0 Å². The van der Waals surface area contributed by atoms with Crippen molar-refractivity contribution in [2.24, 2.45) is 11.8 Å². The van der Waals surface area contributed by atoms with E-state index in [2.05, 4.69) is 43.0 Å². The van der Waals surface area contributed by atoms with Crippen molar-refractivity contribution < 1.29 is 24.2 Å². The highest BCUT2D eigenvalue weighted by Crippen LogP contribution is 2.65. The predicted molar refractivity (Wildman–Crippen MR) is 183 cm³/mol. The second kappa shape index (κ2) is 12.6. The molecule has 0 aromatic heterocycles. The highest BCUT2D eigenvalue weighted by molar-refractivity contribution is 6.42. The summed E-state index contributed by atoms with van der Waals surface area (Å²) in [5.74, 6) is 1.03. The van der Waals surface area contributed by atoms with E-state index in [-0.39, 0.29) is 48.1 Å². The fourth-order valence-electron chi connectivity index (χ4n) is 9.15. The van der Waals surface area contributed by atoms with E-state index in [9.17, 15) is 14.7 Å². The van der Waals surface area contributed by atoms with Gasteiger partial charge in [-0.2, -0.15) is 0 Å². The van der Waals surface area contributed by atoms with Crippen molar-refractivity contribution >= 4 is 35.1 Å². The topological polar surface area (TPSA) is 79.3 Å². The van der Waals surface area contributed by atoms with E-state index in [4.69, 9.17) is 32.7 Å². The molecule has 1 saturated heterocycles. The molecule has 2 bridgehead atoms. The van der Waals surface area contributed by atoms with E-state index >= 15 is 0 Å². The number of ether oxygens (including phenoxy) is 2. The number of amides is 1. The van der Waals surface area contributed by atoms with E-state index in [1.54, 1.807) is 18.2 Å². The maximum absolute atomic E-state index is 14.2. The minimum Gasteiger partial charge on any atom is -0.504 e. The van der Waals surface area contributed by atoms with Crippen LogP contribution in [0.1, 0.15) is 62.3 Å². The standard InChI is InChI=1S/C38H42Cl2N2O5/c1-22(2)21-42(34(45)18-25-9-11-28(39)29(40)17-25)30-12-10-27-31-19-26-33(46-23(3)43)20-32(44)36-35(26)38(27,37(30)47-36)14-16-41(31)15-13-24-7-5-4-6-8-24/h4-9,11,17,20,22,27,30-31,37,44H,10,12-16,18-19,21H2,1-3H3/t27-,30-,31+,37-,38-/m0/s1. The van der Waals surface area contributed by atoms with Gasteiger partial charge >= 0.3 is 5.97 Å². The monoisotopic (exact) mass is 676 g/mol. The Morgan fingerprint density at radius 3 is 2.60 bits per heavy atom. The average Bonchev–Trinajstić information content (AvgIpc) is 3.38. The molecule has 248 valence electrons. The highest BCUT2D eigenvalue weighted by Gasteiger charge is 2.67. The number of halogens is 2. The summed E-state index contributed by atoms with van der Waals surface area (Å²) in [6.45, 7) is 8.06. The third-order valence-electron chi connectivity index (χ3n) is 10.9. The van der Waals surface area contributed by atoms with Gasteiger partial charge < -0.3 is 19.5 Å². The third kappa shape index (κ3) is 5.68. The third-order valence-corrected chi connectivity index (χ3v) is 11.6. The molecule has 5 atom stereocenters. The number of phenols is 1. The summed E-state index contributed by atoms with van der Waals surface area (Å²) in [5.41, 5.74) is 3.67. The Balaban J connectivity index is 1.27. The van der Waals surface area contributed by atoms with Crippen LogP contribution < -0.4 is 9.47 Å². The number of carbonyl (C=O) groups is 2. The Hall–Kier alpha value is -3.26. The second-order valence-electron chi connectivity index (χ2n) is 14.2. The van der Waals surface area contributed by atoms with Gasteiger partial charge in [0.15, 0.2) is 11.5 Å². The molecule has 7 rings (SSSR count). The molecule has 2 aliphatic carbocycles. The van der Waals surface area contributed by atoms with Crippen molar-refractivity contribution in [3.8, 4) is 17.2 Å². The number of likely N-dealkylation sites (tertiary alicyclic amines) is 1. The molecule has 1 amide bonds. The van der Waals surface area contributed by atoms with E-state index < -0.39 is 11.4 Å². The molecule has 1 spiro atoms. The summed E-state index contributed by atoms with van der Waals surface area (Å²) in [6.07, 6.45) is 4.13. The molecule has 2 heterocycles. The quantitative estimate of drug-likeness (QED) is 0.194. The minimum absolute atomic E-state index is 0.0104. The van der Waals surface area contributed by atoms with E-state index in [1.165, 1.54) is 12.5 Å². The van der Waals surface area contributed by atoms with Crippen LogP contribution in [-0.2, 0) is 34.3 Å². The normalized spacial score (nSPS) is 25.7. The number of nitrogens with zero attached hydrogens (tertiary/aromatic N) is 2. The number of carbonyl (C=O) groups excluding carboxylic acids is 2. The Morgan fingerprint density at radius 1 is 1.09 bits per heavy atom. The Kier molecular flexibility index (Phi) is 8.69. The van der Waals surface area contributed by atoms with E-state index in [1.807, 2.05) is 17.0 Å². The Morgan fingerprint density at radius 2 is 1.87 bits per heavy atom. The first-order chi connectivity index (χ1) is 22.6. The van der Waals surface area contributed by atoms with Crippen LogP contribution >= 0.6 is 23.2 Å². The lowest BCUT2D eigenvalue weighted by atomic mass is 9.50. The molecule has 2 fully saturated rings. The number of piperidine rings is 1. The van der Waals surface area contributed by atoms with Crippen molar-refractivity contribution in [1.82, 2.24) is 9.80 Å². The molecular formula is C38H42Cl2N2O5. The number of esters is 1. The minimum atomic E-state index is -0.417. The number of hydrogen-bond donors (Lipinski definition) is 1. The summed E-state index contributed by atoms with van der Waals surface area (Å²) in [6, 6.07) is 17.5.